The van der Waals surface area contributed by atoms with Crippen LogP contribution in [0.4, 0.5) is 0 Å². The van der Waals surface area contributed by atoms with E-state index in [1.54, 1.807) is 18.0 Å². The molecule has 0 fully saturated rings. The van der Waals surface area contributed by atoms with Gasteiger partial charge in [-0.25, -0.2) is 4.98 Å². The maximum absolute atomic E-state index is 13.1. The number of thioether (sulfide) groups is 1. The molecule has 1 amide bonds. The molecular weight excluding hydrogens is 354 g/mol. The van der Waals surface area contributed by atoms with E-state index in [0.29, 0.717) is 6.54 Å². The van der Waals surface area contributed by atoms with Gasteiger partial charge in [0.05, 0.1) is 0 Å². The Bertz CT molecular complexity index is 889. The molecule has 2 aromatic carbocycles. The minimum absolute atomic E-state index is 0.0673. The van der Waals surface area contributed by atoms with Crippen molar-refractivity contribution in [3.05, 3.63) is 83.7 Å². The molecule has 0 aliphatic carbocycles. The quantitative estimate of drug-likeness (QED) is 0.555. The van der Waals surface area contributed by atoms with Crippen LogP contribution in [0.2, 0.25) is 0 Å². The van der Waals surface area contributed by atoms with E-state index in [0.717, 1.165) is 27.6 Å². The zero-order chi connectivity index (χ0) is 19.2. The molecule has 0 saturated carbocycles. The largest absolute Gasteiger partial charge is 0.332 e. The van der Waals surface area contributed by atoms with Crippen LogP contribution in [0.1, 0.15) is 35.3 Å². The maximum Gasteiger partial charge on any atom is 0.254 e. The molecule has 1 heterocycles. The van der Waals surface area contributed by atoms with E-state index in [2.05, 4.69) is 37.0 Å². The average molecular weight is 380 g/mol. The molecule has 27 heavy (non-hydrogen) atoms. The van der Waals surface area contributed by atoms with E-state index < -0.39 is 0 Å². The topological polar surface area (TPSA) is 38.1 Å². The van der Waals surface area contributed by atoms with E-state index in [1.807, 2.05) is 59.1 Å². The Morgan fingerprint density at radius 2 is 1.85 bits per heavy atom. The Morgan fingerprint density at radius 1 is 1.11 bits per heavy atom. The molecule has 0 aliphatic heterocycles. The lowest BCUT2D eigenvalue weighted by molar-refractivity contribution is 0.0690. The van der Waals surface area contributed by atoms with Crippen LogP contribution in [-0.4, -0.2) is 26.4 Å². The van der Waals surface area contributed by atoms with Crippen LogP contribution in [0.15, 0.2) is 72.1 Å². The highest BCUT2D eigenvalue weighted by Gasteiger charge is 2.19. The second-order valence-corrected chi connectivity index (χ2v) is 7.76. The first-order valence-corrected chi connectivity index (χ1v) is 10.1. The summed E-state index contributed by atoms with van der Waals surface area (Å²) in [4.78, 5) is 19.4. The summed E-state index contributed by atoms with van der Waals surface area (Å²) in [6, 6.07) is 18.2. The van der Waals surface area contributed by atoms with Gasteiger partial charge in [0.2, 0.25) is 0 Å². The minimum atomic E-state index is 0.0673. The summed E-state index contributed by atoms with van der Waals surface area (Å²) in [5, 5.41) is 0.972. The molecule has 1 aromatic heterocycles. The zero-order valence-electron chi connectivity index (χ0n) is 16.0. The van der Waals surface area contributed by atoms with Crippen molar-refractivity contribution in [3.8, 4) is 0 Å². The Hall–Kier alpha value is -2.53. The summed E-state index contributed by atoms with van der Waals surface area (Å²) >= 11 is 1.67. The first-order valence-electron chi connectivity index (χ1n) is 9.08. The Labute approximate surface area is 165 Å². The van der Waals surface area contributed by atoms with Gasteiger partial charge in [0, 0.05) is 43.3 Å². The van der Waals surface area contributed by atoms with Gasteiger partial charge >= 0.3 is 0 Å². The van der Waals surface area contributed by atoms with Gasteiger partial charge in [-0.3, -0.25) is 4.79 Å². The number of carbonyl (C=O) groups is 1. The molecule has 0 unspecified atom stereocenters. The lowest BCUT2D eigenvalue weighted by Crippen LogP contribution is -2.36. The average Bonchev–Trinajstić information content (AvgIpc) is 3.09. The lowest BCUT2D eigenvalue weighted by Gasteiger charge is -2.27. The highest BCUT2D eigenvalue weighted by atomic mass is 32.2. The summed E-state index contributed by atoms with van der Waals surface area (Å²) in [6.45, 7) is 4.73. The molecule has 4 nitrogen and oxygen atoms in total. The summed E-state index contributed by atoms with van der Waals surface area (Å²) in [7, 11) is 1.99. The van der Waals surface area contributed by atoms with Crippen LogP contribution in [0.25, 0.3) is 0 Å². The molecule has 0 saturated heterocycles. The smallest absolute Gasteiger partial charge is 0.254 e. The number of nitrogens with zero attached hydrogens (tertiary/aromatic N) is 3. The SMILES string of the molecule is CC(C)N(Cc1ccccc1)C(=O)c1cccc(CSc2nccn2C)c1. The third-order valence-electron chi connectivity index (χ3n) is 4.40. The first-order chi connectivity index (χ1) is 13.0. The number of rotatable bonds is 7. The normalized spacial score (nSPS) is 11.0. The fraction of sp³-hybridized carbons (Fsp3) is 0.273. The minimum Gasteiger partial charge on any atom is -0.332 e. The number of hydrogen-bond acceptors (Lipinski definition) is 3. The van der Waals surface area contributed by atoms with Crippen molar-refractivity contribution < 1.29 is 4.79 Å². The number of amides is 1. The Kier molecular flexibility index (Phi) is 6.35. The molecule has 0 aliphatic rings. The van der Waals surface area contributed by atoms with Crippen molar-refractivity contribution in [1.29, 1.82) is 0 Å². The summed E-state index contributed by atoms with van der Waals surface area (Å²) in [6.07, 6.45) is 3.73. The van der Waals surface area contributed by atoms with E-state index in [1.165, 1.54) is 0 Å². The predicted octanol–water partition coefficient (Wildman–Crippen LogP) is 4.76. The summed E-state index contributed by atoms with van der Waals surface area (Å²) < 4.78 is 2.00. The molecule has 3 aromatic rings. The van der Waals surface area contributed by atoms with Gasteiger partial charge in [-0.15, -0.1) is 0 Å². The van der Waals surface area contributed by atoms with Crippen molar-refractivity contribution in [1.82, 2.24) is 14.5 Å². The van der Waals surface area contributed by atoms with E-state index in [-0.39, 0.29) is 11.9 Å². The maximum atomic E-state index is 13.1. The van der Waals surface area contributed by atoms with Crippen molar-refractivity contribution in [2.45, 2.75) is 37.3 Å². The number of benzene rings is 2. The van der Waals surface area contributed by atoms with Crippen molar-refractivity contribution in [2.75, 3.05) is 0 Å². The molecular formula is C22H25N3OS. The number of carbonyl (C=O) groups excluding carboxylic acids is 1. The highest BCUT2D eigenvalue weighted by molar-refractivity contribution is 7.98. The van der Waals surface area contributed by atoms with E-state index in [4.69, 9.17) is 0 Å². The Morgan fingerprint density at radius 3 is 2.52 bits per heavy atom. The molecule has 140 valence electrons. The molecule has 5 heteroatoms. The van der Waals surface area contributed by atoms with Gasteiger partial charge in [0.15, 0.2) is 5.16 Å². The second kappa shape index (κ2) is 8.91. The molecule has 0 radical (unpaired) electrons. The van der Waals surface area contributed by atoms with Crippen LogP contribution >= 0.6 is 11.8 Å². The fourth-order valence-electron chi connectivity index (χ4n) is 2.87. The van der Waals surface area contributed by atoms with Crippen molar-refractivity contribution in [3.63, 3.8) is 0 Å². The number of hydrogen-bond donors (Lipinski definition) is 0. The van der Waals surface area contributed by atoms with Crippen LogP contribution in [0.5, 0.6) is 0 Å². The lowest BCUT2D eigenvalue weighted by atomic mass is 10.1. The molecule has 0 atom stereocenters. The third-order valence-corrected chi connectivity index (χ3v) is 5.53. The van der Waals surface area contributed by atoms with Crippen LogP contribution in [-0.2, 0) is 19.3 Å². The highest BCUT2D eigenvalue weighted by Crippen LogP contribution is 2.22. The van der Waals surface area contributed by atoms with Gasteiger partial charge < -0.3 is 9.47 Å². The van der Waals surface area contributed by atoms with Gasteiger partial charge in [-0.2, -0.15) is 0 Å². The molecule has 0 spiro atoms. The number of aromatic nitrogens is 2. The van der Waals surface area contributed by atoms with Crippen LogP contribution in [0.3, 0.4) is 0 Å². The first kappa shape index (κ1) is 19.2. The van der Waals surface area contributed by atoms with E-state index >= 15 is 0 Å². The molecule has 0 N–H and O–H groups in total. The van der Waals surface area contributed by atoms with Crippen LogP contribution < -0.4 is 0 Å². The van der Waals surface area contributed by atoms with Gasteiger partial charge in [0.25, 0.3) is 5.91 Å². The summed E-state index contributed by atoms with van der Waals surface area (Å²) in [5.74, 6) is 0.851. The third kappa shape index (κ3) is 5.01. The molecule has 0 bridgehead atoms. The predicted molar refractivity (Wildman–Crippen MR) is 111 cm³/mol. The summed E-state index contributed by atoms with van der Waals surface area (Å²) in [5.41, 5.74) is 3.00. The van der Waals surface area contributed by atoms with Gasteiger partial charge in [-0.05, 0) is 37.1 Å². The van der Waals surface area contributed by atoms with Crippen LogP contribution in [0, 0.1) is 0 Å². The fourth-order valence-corrected chi connectivity index (χ4v) is 3.74. The zero-order valence-corrected chi connectivity index (χ0v) is 16.8. The second-order valence-electron chi connectivity index (χ2n) is 6.82. The van der Waals surface area contributed by atoms with Gasteiger partial charge in [0.1, 0.15) is 0 Å². The number of imidazole rings is 1. The van der Waals surface area contributed by atoms with E-state index in [9.17, 15) is 4.79 Å². The van der Waals surface area contributed by atoms with Gasteiger partial charge in [-0.1, -0.05) is 54.2 Å². The molecule has 3 rings (SSSR count). The Balaban J connectivity index is 1.73. The standard InChI is InChI=1S/C22H25N3OS/c1-17(2)25(15-18-8-5-4-6-9-18)21(26)20-11-7-10-19(14-20)16-27-22-23-12-13-24(22)3/h4-14,17H,15-16H2,1-3H3. The van der Waals surface area contributed by atoms with Crippen molar-refractivity contribution >= 4 is 17.7 Å². The number of aryl methyl sites for hydroxylation is 1. The monoisotopic (exact) mass is 379 g/mol. The van der Waals surface area contributed by atoms with Crippen molar-refractivity contribution in [2.24, 2.45) is 7.05 Å².